The summed E-state index contributed by atoms with van der Waals surface area (Å²) in [6, 6.07) is 85.8. The van der Waals surface area contributed by atoms with E-state index >= 15 is 0 Å². The van der Waals surface area contributed by atoms with E-state index in [1.165, 1.54) is 129 Å². The number of fused-ring (bicyclic) bond motifs is 8. The molecular formula is C62H38Se. The van der Waals surface area contributed by atoms with Gasteiger partial charge < -0.3 is 0 Å². The van der Waals surface area contributed by atoms with Crippen LogP contribution in [0, 0.1) is 0 Å². The molecule has 0 radical (unpaired) electrons. The number of hydrogen-bond donors (Lipinski definition) is 0. The molecule has 0 saturated heterocycles. The molecule has 0 spiro atoms. The molecule has 0 fully saturated rings. The molecule has 0 bridgehead atoms. The molecule has 0 aliphatic rings. The Kier molecular flexibility index (Phi) is 8.34. The SMILES string of the molecule is c1ccc(-c2ccc(-c3c4ccccc4c(-c4cccc5c4[se]c4cccc(-c6c7ccccc7c(-c7ccccc7)c7ccccc67)c45)c4ccccc34)c3ccccc23)cc1. The quantitative estimate of drug-likeness (QED) is 0.119. The average Bonchev–Trinajstić information content (AvgIpc) is 3.75. The minimum absolute atomic E-state index is 0.0945. The molecule has 13 aromatic rings. The van der Waals surface area contributed by atoms with Gasteiger partial charge in [-0.3, -0.25) is 0 Å². The van der Waals surface area contributed by atoms with Crippen molar-refractivity contribution >= 4 is 87.7 Å². The van der Waals surface area contributed by atoms with Gasteiger partial charge in [-0.15, -0.1) is 0 Å². The Morgan fingerprint density at radius 3 is 1.11 bits per heavy atom. The topological polar surface area (TPSA) is 0 Å². The maximum absolute atomic E-state index is 2.39. The zero-order chi connectivity index (χ0) is 41.4. The van der Waals surface area contributed by atoms with Crippen LogP contribution in [0.1, 0.15) is 0 Å². The van der Waals surface area contributed by atoms with Gasteiger partial charge in [0.05, 0.1) is 0 Å². The van der Waals surface area contributed by atoms with Crippen molar-refractivity contribution < 1.29 is 0 Å². The average molecular weight is 862 g/mol. The summed E-state index contributed by atoms with van der Waals surface area (Å²) < 4.78 is 2.90. The Morgan fingerprint density at radius 1 is 0.206 bits per heavy atom. The van der Waals surface area contributed by atoms with Crippen LogP contribution in [-0.4, -0.2) is 14.5 Å². The van der Waals surface area contributed by atoms with E-state index in [0.29, 0.717) is 0 Å². The van der Waals surface area contributed by atoms with Crippen LogP contribution in [0.2, 0.25) is 0 Å². The number of hydrogen-bond acceptors (Lipinski definition) is 0. The minimum Gasteiger partial charge on any atom is -0.0617 e. The standard InChI is InChI=1S/C62H38Se/c1-3-19-39(20-4-1)41-37-38-52(43-24-8-7-23-42(41)43)58-48-29-13-15-31-50(48)60(51-32-16-14-30-49(51)58)54-34-17-35-55-61-53(33-18-36-56(61)63-62(54)55)59-46-27-11-9-25-44(46)57(40-21-5-2-6-22-40)45-26-10-12-28-47(45)59/h1-38H. The Hall–Kier alpha value is -7.54. The molecule has 0 aliphatic heterocycles. The third kappa shape index (κ3) is 5.54. The first-order valence-corrected chi connectivity index (χ1v) is 23.5. The van der Waals surface area contributed by atoms with E-state index in [0.717, 1.165) is 0 Å². The van der Waals surface area contributed by atoms with Gasteiger partial charge in [0.1, 0.15) is 0 Å². The van der Waals surface area contributed by atoms with Gasteiger partial charge in [-0.05, 0) is 0 Å². The predicted octanol–water partition coefficient (Wildman–Crippen LogP) is 17.2. The Morgan fingerprint density at radius 2 is 0.571 bits per heavy atom. The van der Waals surface area contributed by atoms with Crippen molar-refractivity contribution in [3.63, 3.8) is 0 Å². The fraction of sp³-hybridized carbons (Fsp3) is 0. The molecule has 1 aromatic heterocycles. The van der Waals surface area contributed by atoms with Crippen LogP contribution < -0.4 is 0 Å². The third-order valence-corrected chi connectivity index (χ3v) is 15.8. The van der Waals surface area contributed by atoms with Crippen LogP contribution in [0.25, 0.3) is 129 Å². The van der Waals surface area contributed by atoms with E-state index in [1.54, 1.807) is 0 Å². The van der Waals surface area contributed by atoms with Crippen LogP contribution in [0.5, 0.6) is 0 Å². The van der Waals surface area contributed by atoms with Gasteiger partial charge in [0.15, 0.2) is 0 Å². The van der Waals surface area contributed by atoms with Crippen molar-refractivity contribution in [1.29, 1.82) is 0 Å². The van der Waals surface area contributed by atoms with Crippen molar-refractivity contribution in [2.75, 3.05) is 0 Å². The van der Waals surface area contributed by atoms with Crippen LogP contribution in [0.4, 0.5) is 0 Å². The van der Waals surface area contributed by atoms with Gasteiger partial charge >= 0.3 is 356 Å². The second-order valence-electron chi connectivity index (χ2n) is 16.6. The van der Waals surface area contributed by atoms with E-state index in [-0.39, 0.29) is 14.5 Å². The summed E-state index contributed by atoms with van der Waals surface area (Å²) in [6.45, 7) is 0. The van der Waals surface area contributed by atoms with E-state index in [2.05, 4.69) is 231 Å². The molecule has 292 valence electrons. The van der Waals surface area contributed by atoms with Crippen LogP contribution >= 0.6 is 0 Å². The molecule has 13 rings (SSSR count). The molecule has 0 aliphatic carbocycles. The first-order valence-electron chi connectivity index (χ1n) is 21.8. The van der Waals surface area contributed by atoms with Crippen molar-refractivity contribution in [3.8, 4) is 55.6 Å². The van der Waals surface area contributed by atoms with Gasteiger partial charge in [-0.25, -0.2) is 0 Å². The van der Waals surface area contributed by atoms with E-state index in [9.17, 15) is 0 Å². The van der Waals surface area contributed by atoms with Crippen molar-refractivity contribution in [3.05, 3.63) is 231 Å². The molecular weight excluding hydrogens is 824 g/mol. The second-order valence-corrected chi connectivity index (χ2v) is 18.8. The van der Waals surface area contributed by atoms with Gasteiger partial charge in [0, 0.05) is 0 Å². The summed E-state index contributed by atoms with van der Waals surface area (Å²) in [6.07, 6.45) is 0. The zero-order valence-corrected chi connectivity index (χ0v) is 36.1. The molecule has 12 aromatic carbocycles. The fourth-order valence-electron chi connectivity index (χ4n) is 10.7. The van der Waals surface area contributed by atoms with E-state index < -0.39 is 0 Å². The number of rotatable bonds is 5. The molecule has 0 N–H and O–H groups in total. The van der Waals surface area contributed by atoms with Crippen LogP contribution in [0.3, 0.4) is 0 Å². The Bertz CT molecular complexity index is 3840. The number of benzene rings is 12. The summed E-state index contributed by atoms with van der Waals surface area (Å²) in [5, 5.41) is 15.6. The predicted molar refractivity (Wildman–Crippen MR) is 273 cm³/mol. The second kappa shape index (κ2) is 14.5. The molecule has 0 saturated carbocycles. The summed E-state index contributed by atoms with van der Waals surface area (Å²) in [5.41, 5.74) is 12.9. The van der Waals surface area contributed by atoms with Crippen molar-refractivity contribution in [2.45, 2.75) is 0 Å². The van der Waals surface area contributed by atoms with Gasteiger partial charge in [0.2, 0.25) is 0 Å². The van der Waals surface area contributed by atoms with Crippen LogP contribution in [0.15, 0.2) is 231 Å². The van der Waals surface area contributed by atoms with E-state index in [1.807, 2.05) is 0 Å². The molecule has 1 heterocycles. The first-order chi connectivity index (χ1) is 31.3. The molecule has 0 unspecified atom stereocenters. The maximum atomic E-state index is 2.39. The summed E-state index contributed by atoms with van der Waals surface area (Å²) >= 11 is 0.0945. The van der Waals surface area contributed by atoms with Gasteiger partial charge in [0.25, 0.3) is 0 Å². The summed E-state index contributed by atoms with van der Waals surface area (Å²) in [4.78, 5) is 0. The van der Waals surface area contributed by atoms with Gasteiger partial charge in [-0.1, -0.05) is 18.2 Å². The Labute approximate surface area is 371 Å². The summed E-state index contributed by atoms with van der Waals surface area (Å²) in [5.74, 6) is 0. The molecule has 0 atom stereocenters. The van der Waals surface area contributed by atoms with Gasteiger partial charge in [-0.2, -0.15) is 0 Å². The fourth-order valence-corrected chi connectivity index (χ4v) is 13.3. The van der Waals surface area contributed by atoms with E-state index in [4.69, 9.17) is 0 Å². The minimum atomic E-state index is 0.0945. The summed E-state index contributed by atoms with van der Waals surface area (Å²) in [7, 11) is 0. The normalized spacial score (nSPS) is 11.8. The zero-order valence-electron chi connectivity index (χ0n) is 34.3. The first kappa shape index (κ1) is 36.1. The van der Waals surface area contributed by atoms with Crippen molar-refractivity contribution in [1.82, 2.24) is 0 Å². The molecule has 0 nitrogen and oxygen atoms in total. The monoisotopic (exact) mass is 862 g/mol. The molecule has 0 amide bonds. The molecule has 1 heteroatoms. The van der Waals surface area contributed by atoms with Crippen molar-refractivity contribution in [2.24, 2.45) is 0 Å². The smallest absolute Gasteiger partial charge is 0.0617 e. The van der Waals surface area contributed by atoms with Crippen LogP contribution in [-0.2, 0) is 0 Å². The Balaban J connectivity index is 1.09. The third-order valence-electron chi connectivity index (χ3n) is 13.3. The molecule has 63 heavy (non-hydrogen) atoms.